The summed E-state index contributed by atoms with van der Waals surface area (Å²) in [5, 5.41) is 80.0. The van der Waals surface area contributed by atoms with E-state index in [9.17, 15) is 78.0 Å². The molecule has 0 saturated heterocycles. The number of aliphatic hydroxyl groups is 3. The number of ether oxygens (including phenoxy) is 2. The number of carbonyl (C=O) groups is 12. The third-order valence-corrected chi connectivity index (χ3v) is 18.1. The van der Waals surface area contributed by atoms with E-state index in [2.05, 4.69) is 83.8 Å². The molecule has 111 heavy (non-hydrogen) atoms. The molecule has 36 heteroatoms. The van der Waals surface area contributed by atoms with Gasteiger partial charge in [-0.05, 0) is 150 Å². The van der Waals surface area contributed by atoms with Crippen LogP contribution in [-0.2, 0) is 96.1 Å². The highest BCUT2D eigenvalue weighted by Crippen LogP contribution is 2.29. The van der Waals surface area contributed by atoms with E-state index in [-0.39, 0.29) is 30.8 Å². The second kappa shape index (κ2) is 42.9. The van der Waals surface area contributed by atoms with Crippen molar-refractivity contribution in [2.45, 2.75) is 179 Å². The predicted octanol–water partition coefficient (Wildman–Crippen LogP) is -0.944. The molecule has 0 bridgehead atoms. The number of benzene rings is 4. The van der Waals surface area contributed by atoms with E-state index in [1.54, 1.807) is 37.6 Å². The third kappa shape index (κ3) is 27.2. The van der Waals surface area contributed by atoms with Crippen LogP contribution >= 0.6 is 0 Å². The molecule has 0 unspecified atom stereocenters. The van der Waals surface area contributed by atoms with E-state index >= 15 is 4.39 Å². The average Bonchev–Trinajstić information content (AvgIpc) is 1.01. The fraction of sp³-hybridized carbons (Fsp3) is 0.467. The summed E-state index contributed by atoms with van der Waals surface area (Å²) in [6.07, 6.45) is 0.577. The zero-order chi connectivity index (χ0) is 81.5. The van der Waals surface area contributed by atoms with Gasteiger partial charge in [-0.15, -0.1) is 10.2 Å². The molecule has 0 saturated carbocycles. The number of nitrogens with zero attached hydrogens (tertiary/aromatic N) is 4. The molecular weight excluding hydrogens is 1450 g/mol. The second-order valence-corrected chi connectivity index (χ2v) is 27.3. The first-order chi connectivity index (χ1) is 52.8. The van der Waals surface area contributed by atoms with Gasteiger partial charge in [0.1, 0.15) is 64.5 Å². The molecule has 0 aliphatic carbocycles. The number of nitrogens with two attached hydrogens (primary N) is 1. The Balaban J connectivity index is 1.16. The van der Waals surface area contributed by atoms with Crippen LogP contribution in [0.2, 0.25) is 0 Å². The SMILES string of the molecule is CCc1cc(OC)ccc1-c1ccc(C[C@H](NC(=O)[C@H](CC(=O)O)NC(=O)[C@H](CO)NC(=O)[C@@H](NC(=O)[C@](C)(Cc2ccccc2F)NC(=O)[C@@H](NC(=O)CNC(=O)[C@H](Cc2nn[nH]n2)NC(=O)C(C)(C)C(=O)NCCc2cnc[nH]2)[C@@H](C)O)[C@@H](C)O)C(=O)N[C@@H](CCCc2ccc(OCCCCN)cc2)C(C)=O)cc1. The third-order valence-electron chi connectivity index (χ3n) is 18.1. The number of aromatic nitrogens is 6. The zero-order valence-electron chi connectivity index (χ0n) is 63.1. The van der Waals surface area contributed by atoms with Crippen molar-refractivity contribution in [1.29, 1.82) is 0 Å². The minimum atomic E-state index is -2.40. The van der Waals surface area contributed by atoms with Crippen molar-refractivity contribution in [3.8, 4) is 22.6 Å². The summed E-state index contributed by atoms with van der Waals surface area (Å²) in [5.74, 6) is -12.9. The van der Waals surface area contributed by atoms with Crippen LogP contribution in [0.3, 0.4) is 0 Å². The zero-order valence-corrected chi connectivity index (χ0v) is 63.1. The minimum Gasteiger partial charge on any atom is -0.497 e. The van der Waals surface area contributed by atoms with Gasteiger partial charge in [-0.2, -0.15) is 5.21 Å². The Kier molecular flexibility index (Phi) is 34.2. The topological polar surface area (TPSA) is 534 Å². The molecule has 4 aromatic carbocycles. The van der Waals surface area contributed by atoms with Crippen molar-refractivity contribution >= 4 is 70.8 Å². The number of hydrogen-bond acceptors (Lipinski definition) is 22. The van der Waals surface area contributed by atoms with E-state index in [0.29, 0.717) is 61.6 Å². The van der Waals surface area contributed by atoms with Gasteiger partial charge < -0.3 is 93.8 Å². The summed E-state index contributed by atoms with van der Waals surface area (Å²) in [7, 11) is 1.56. The standard InChI is InChI=1S/C75H100FN17O18/c1-9-47-34-52(110-8)27-28-53(47)48-23-19-46(20-24-48)33-56(66(102)82-55(42(2)95)18-14-15-45-21-25-51(26-22-45)111-32-13-12-30-77)83-67(103)58(36-62(99)100)84-68(104)59(40-94)85-69(105)63(43(3)96)88-73(109)75(7,37-49-16-10-11-17-54(49)76)89-70(106)64(44(4)97)87-61(98)39-80-65(101)57(35-60-90-92-93-91-60)86-72(108)74(5,6)71(107)79-31-29-50-38-78-41-81-50/h10-11,16-17,19-28,34,38,41,43-44,55-59,63-64,94,96-97H,9,12-15,18,29-33,35-37,39-40,77H2,1-8H3,(H,78,81)(H,79,107)(H,80,101)(H,82,102)(H,83,103)(H,84,104)(H,85,105)(H,86,108)(H,87,98)(H,88,109)(H,89,106)(H,99,100)(H,90,91,92,93)/t43-,44-,55+,56+,57+,58+,59+,63+,64+,75+/m1/s1. The number of methoxy groups -OCH3 is 1. The quantitative estimate of drug-likeness (QED) is 0.0162. The number of hydrogen-bond donors (Lipinski definition) is 17. The molecule has 0 fully saturated rings. The van der Waals surface area contributed by atoms with E-state index < -0.39 is 175 Å². The molecule has 0 spiro atoms. The number of tetrazole rings is 1. The second-order valence-electron chi connectivity index (χ2n) is 27.3. The highest BCUT2D eigenvalue weighted by Gasteiger charge is 2.43. The molecule has 0 radical (unpaired) electrons. The highest BCUT2D eigenvalue weighted by molar-refractivity contribution is 6.06. The number of aryl methyl sites for hydroxylation is 2. The van der Waals surface area contributed by atoms with E-state index in [4.69, 9.17) is 15.2 Å². The minimum absolute atomic E-state index is 0.0642. The van der Waals surface area contributed by atoms with Crippen molar-refractivity contribution in [2.75, 3.05) is 40.0 Å². The van der Waals surface area contributed by atoms with Crippen LogP contribution in [-0.4, -0.2) is 222 Å². The maximum absolute atomic E-state index is 15.5. The summed E-state index contributed by atoms with van der Waals surface area (Å²) in [4.78, 5) is 173. The summed E-state index contributed by atoms with van der Waals surface area (Å²) >= 11 is 0. The maximum Gasteiger partial charge on any atom is 0.305 e. The number of Topliss-reactive ketones (excluding diaryl/α,β-unsaturated/α-hetero) is 1. The number of H-pyrrole nitrogens is 2. The first kappa shape index (κ1) is 88.3. The molecule has 0 aliphatic rings. The van der Waals surface area contributed by atoms with Gasteiger partial charge in [0.25, 0.3) is 0 Å². The summed E-state index contributed by atoms with van der Waals surface area (Å²) in [5.41, 5.74) is 6.05. The number of carboxylic acid groups (broad SMARTS) is 1. The van der Waals surface area contributed by atoms with Gasteiger partial charge in [-0.1, -0.05) is 72.8 Å². The lowest BCUT2D eigenvalue weighted by Gasteiger charge is -2.34. The van der Waals surface area contributed by atoms with Gasteiger partial charge in [-0.25, -0.2) is 9.37 Å². The molecule has 0 aliphatic heterocycles. The number of aliphatic hydroxyl groups excluding tert-OH is 3. The van der Waals surface area contributed by atoms with Crippen LogP contribution in [0.5, 0.6) is 11.5 Å². The normalized spacial score (nSPS) is 14.2. The number of carbonyl (C=O) groups excluding carboxylic acids is 11. The number of amides is 10. The highest BCUT2D eigenvalue weighted by atomic mass is 19.1. The Hall–Kier alpha value is -11.6. The Morgan fingerprint density at radius 3 is 1.89 bits per heavy atom. The van der Waals surface area contributed by atoms with Gasteiger partial charge in [-0.3, -0.25) is 57.5 Å². The van der Waals surface area contributed by atoms with Crippen LogP contribution in [0.4, 0.5) is 4.39 Å². The molecule has 6 aromatic rings. The van der Waals surface area contributed by atoms with Crippen molar-refractivity contribution in [3.63, 3.8) is 0 Å². The fourth-order valence-corrected chi connectivity index (χ4v) is 11.5. The Morgan fingerprint density at radius 2 is 1.28 bits per heavy atom. The van der Waals surface area contributed by atoms with Crippen molar-refractivity contribution < 1.29 is 91.8 Å². The number of imidazole rings is 1. The molecule has 600 valence electrons. The molecule has 2 aromatic heterocycles. The number of rotatable bonds is 46. The van der Waals surface area contributed by atoms with Crippen LogP contribution in [0, 0.1) is 11.2 Å². The van der Waals surface area contributed by atoms with Crippen LogP contribution in [0.15, 0.2) is 104 Å². The molecule has 6 rings (SSSR count). The maximum atomic E-state index is 15.5. The van der Waals surface area contributed by atoms with Crippen LogP contribution in [0.25, 0.3) is 11.1 Å². The smallest absolute Gasteiger partial charge is 0.305 e. The lowest BCUT2D eigenvalue weighted by molar-refractivity contribution is -0.143. The van der Waals surface area contributed by atoms with E-state index in [1.165, 1.54) is 45.3 Å². The van der Waals surface area contributed by atoms with Gasteiger partial charge in [0, 0.05) is 44.1 Å². The van der Waals surface area contributed by atoms with Crippen molar-refractivity contribution in [1.82, 2.24) is 83.8 Å². The average molecular weight is 1550 g/mol. The van der Waals surface area contributed by atoms with Crippen LogP contribution in [0.1, 0.15) is 114 Å². The van der Waals surface area contributed by atoms with E-state index in [1.807, 2.05) is 49.4 Å². The number of carboxylic acids is 1. The first-order valence-electron chi connectivity index (χ1n) is 36.1. The van der Waals surface area contributed by atoms with Gasteiger partial charge >= 0.3 is 5.97 Å². The Bertz CT molecular complexity index is 4130. The lowest BCUT2D eigenvalue weighted by atomic mass is 9.90. The Morgan fingerprint density at radius 1 is 0.649 bits per heavy atom. The lowest BCUT2D eigenvalue weighted by Crippen LogP contribution is -2.67. The predicted molar refractivity (Wildman–Crippen MR) is 398 cm³/mol. The monoisotopic (exact) mass is 1550 g/mol. The summed E-state index contributed by atoms with van der Waals surface area (Å²) in [6, 6.07) is 12.7. The number of unbranched alkanes of at least 4 members (excludes halogenated alkanes) is 1. The first-order valence-corrected chi connectivity index (χ1v) is 36.1. The molecule has 18 N–H and O–H groups in total. The molecule has 10 atom stereocenters. The van der Waals surface area contributed by atoms with Crippen LogP contribution < -0.4 is 68.4 Å². The molecule has 2 heterocycles. The van der Waals surface area contributed by atoms with Gasteiger partial charge in [0.15, 0.2) is 11.6 Å². The van der Waals surface area contributed by atoms with E-state index in [0.717, 1.165) is 61.9 Å². The number of nitrogens with one attached hydrogen (secondary N) is 12. The number of aliphatic carboxylic acids is 1. The molecule has 35 nitrogen and oxygen atoms in total. The van der Waals surface area contributed by atoms with Crippen molar-refractivity contribution in [2.24, 2.45) is 11.1 Å². The number of aromatic amines is 2. The van der Waals surface area contributed by atoms with Crippen molar-refractivity contribution in [3.05, 3.63) is 143 Å². The fourth-order valence-electron chi connectivity index (χ4n) is 11.5. The molecular formula is C75H100FN17O18. The Labute approximate surface area is 639 Å². The number of ketones is 1. The molecule has 10 amide bonds. The largest absolute Gasteiger partial charge is 0.497 e. The summed E-state index contributed by atoms with van der Waals surface area (Å²) in [6.45, 7) is 8.04. The summed E-state index contributed by atoms with van der Waals surface area (Å²) < 4.78 is 26.7. The van der Waals surface area contributed by atoms with Gasteiger partial charge in [0.2, 0.25) is 59.1 Å². The number of halogens is 1. The van der Waals surface area contributed by atoms with Gasteiger partial charge in [0.05, 0.1) is 57.9 Å².